The van der Waals surface area contributed by atoms with Gasteiger partial charge in [0, 0.05) is 11.4 Å². The first-order valence-electron chi connectivity index (χ1n) is 9.03. The molecule has 1 amide bonds. The molecule has 30 heavy (non-hydrogen) atoms. The van der Waals surface area contributed by atoms with Crippen LogP contribution in [0.2, 0.25) is 0 Å². The Morgan fingerprint density at radius 3 is 2.73 bits per heavy atom. The maximum absolute atomic E-state index is 13.5. The van der Waals surface area contributed by atoms with Crippen molar-refractivity contribution in [2.75, 3.05) is 18.5 Å². The lowest BCUT2D eigenvalue weighted by molar-refractivity contribution is -0.146. The standard InChI is InChI=1S/C21H18F2N2O4S/c1-2-28-18-6-4-3-5-15(18)21-24-14(12-30-21)10-20(27)29-11-19(26)25-17-8-7-13(22)9-16(17)23/h3-9,12H,2,10-11H2,1H3,(H,25,26). The Morgan fingerprint density at radius 1 is 1.17 bits per heavy atom. The van der Waals surface area contributed by atoms with E-state index in [0.717, 1.165) is 17.7 Å². The van der Waals surface area contributed by atoms with Gasteiger partial charge in [-0.2, -0.15) is 0 Å². The molecule has 0 atom stereocenters. The van der Waals surface area contributed by atoms with Gasteiger partial charge in [-0.15, -0.1) is 11.3 Å². The Bertz CT molecular complexity index is 1050. The van der Waals surface area contributed by atoms with Crippen LogP contribution in [0.4, 0.5) is 14.5 Å². The number of carbonyl (C=O) groups excluding carboxylic acids is 2. The Balaban J connectivity index is 1.54. The van der Waals surface area contributed by atoms with E-state index in [0.29, 0.717) is 29.1 Å². The van der Waals surface area contributed by atoms with Crippen LogP contribution >= 0.6 is 11.3 Å². The van der Waals surface area contributed by atoms with E-state index in [1.807, 2.05) is 31.2 Å². The summed E-state index contributed by atoms with van der Waals surface area (Å²) in [7, 11) is 0. The first-order chi connectivity index (χ1) is 14.5. The van der Waals surface area contributed by atoms with Crippen LogP contribution in [-0.4, -0.2) is 30.1 Å². The van der Waals surface area contributed by atoms with Crippen molar-refractivity contribution in [1.82, 2.24) is 4.98 Å². The lowest BCUT2D eigenvalue weighted by Crippen LogP contribution is -2.22. The molecule has 1 aromatic heterocycles. The number of halogens is 2. The Morgan fingerprint density at radius 2 is 1.97 bits per heavy atom. The lowest BCUT2D eigenvalue weighted by Gasteiger charge is -2.07. The third-order valence-electron chi connectivity index (χ3n) is 3.86. The molecule has 0 unspecified atom stereocenters. The molecule has 2 aromatic carbocycles. The molecule has 6 nitrogen and oxygen atoms in total. The van der Waals surface area contributed by atoms with Crippen LogP contribution in [-0.2, 0) is 20.7 Å². The molecule has 1 heterocycles. The molecule has 0 radical (unpaired) electrons. The molecule has 0 aliphatic heterocycles. The number of nitrogens with one attached hydrogen (secondary N) is 1. The molecule has 156 valence electrons. The molecule has 3 rings (SSSR count). The zero-order valence-electron chi connectivity index (χ0n) is 16.0. The van der Waals surface area contributed by atoms with Crippen molar-refractivity contribution in [3.63, 3.8) is 0 Å². The number of thiazole rings is 1. The fraction of sp³-hybridized carbons (Fsp3) is 0.190. The molecule has 0 aliphatic carbocycles. The van der Waals surface area contributed by atoms with Crippen LogP contribution in [0.15, 0.2) is 47.8 Å². The highest BCUT2D eigenvalue weighted by Crippen LogP contribution is 2.32. The summed E-state index contributed by atoms with van der Waals surface area (Å²) in [6.07, 6.45) is -0.120. The Labute approximate surface area is 175 Å². The summed E-state index contributed by atoms with van der Waals surface area (Å²) in [6.45, 7) is 1.81. The van der Waals surface area contributed by atoms with Crippen molar-refractivity contribution in [3.8, 4) is 16.3 Å². The van der Waals surface area contributed by atoms with E-state index in [2.05, 4.69) is 10.3 Å². The van der Waals surface area contributed by atoms with Gasteiger partial charge in [0.05, 0.1) is 30.0 Å². The first kappa shape index (κ1) is 21.4. The smallest absolute Gasteiger partial charge is 0.312 e. The number of hydrogen-bond donors (Lipinski definition) is 1. The summed E-state index contributed by atoms with van der Waals surface area (Å²) in [5.41, 5.74) is 1.12. The van der Waals surface area contributed by atoms with Crippen LogP contribution in [0.25, 0.3) is 10.6 Å². The Kier molecular flexibility index (Phi) is 7.08. The molecule has 3 aromatic rings. The first-order valence-corrected chi connectivity index (χ1v) is 9.91. The summed E-state index contributed by atoms with van der Waals surface area (Å²) >= 11 is 1.36. The van der Waals surface area contributed by atoms with Crippen molar-refractivity contribution in [1.29, 1.82) is 0 Å². The fourth-order valence-corrected chi connectivity index (χ4v) is 3.41. The van der Waals surface area contributed by atoms with Gasteiger partial charge in [0.2, 0.25) is 0 Å². The van der Waals surface area contributed by atoms with Gasteiger partial charge in [0.15, 0.2) is 6.61 Å². The average Bonchev–Trinajstić information content (AvgIpc) is 3.17. The second kappa shape index (κ2) is 9.93. The van der Waals surface area contributed by atoms with Gasteiger partial charge < -0.3 is 14.8 Å². The van der Waals surface area contributed by atoms with Gasteiger partial charge in [0.25, 0.3) is 5.91 Å². The fourth-order valence-electron chi connectivity index (χ4n) is 2.56. The maximum atomic E-state index is 13.5. The Hall–Kier alpha value is -3.33. The summed E-state index contributed by atoms with van der Waals surface area (Å²) in [5, 5.41) is 4.64. The number of carbonyl (C=O) groups is 2. The minimum Gasteiger partial charge on any atom is -0.493 e. The molecular formula is C21H18F2N2O4S. The number of hydrogen-bond acceptors (Lipinski definition) is 6. The topological polar surface area (TPSA) is 77.5 Å². The van der Waals surface area contributed by atoms with E-state index in [1.54, 1.807) is 5.38 Å². The number of para-hydroxylation sites is 1. The summed E-state index contributed by atoms with van der Waals surface area (Å²) < 4.78 is 36.9. The minimum atomic E-state index is -0.919. The number of aromatic nitrogens is 1. The van der Waals surface area contributed by atoms with Crippen LogP contribution in [0, 0.1) is 11.6 Å². The van der Waals surface area contributed by atoms with Gasteiger partial charge in [-0.05, 0) is 31.2 Å². The molecular weight excluding hydrogens is 414 g/mol. The maximum Gasteiger partial charge on any atom is 0.312 e. The number of anilines is 1. The third kappa shape index (κ3) is 5.60. The highest BCUT2D eigenvalue weighted by molar-refractivity contribution is 7.13. The highest BCUT2D eigenvalue weighted by Gasteiger charge is 2.15. The molecule has 1 N–H and O–H groups in total. The molecule has 0 fully saturated rings. The third-order valence-corrected chi connectivity index (χ3v) is 4.79. The van der Waals surface area contributed by atoms with Crippen LogP contribution in [0.5, 0.6) is 5.75 Å². The number of esters is 1. The van der Waals surface area contributed by atoms with Crippen LogP contribution < -0.4 is 10.1 Å². The van der Waals surface area contributed by atoms with Crippen LogP contribution in [0.1, 0.15) is 12.6 Å². The van der Waals surface area contributed by atoms with Crippen LogP contribution in [0.3, 0.4) is 0 Å². The van der Waals surface area contributed by atoms with Crippen molar-refractivity contribution >= 4 is 28.9 Å². The van der Waals surface area contributed by atoms with E-state index >= 15 is 0 Å². The summed E-state index contributed by atoms with van der Waals surface area (Å²) in [6, 6.07) is 10.2. The van der Waals surface area contributed by atoms with Gasteiger partial charge in [-0.3, -0.25) is 9.59 Å². The van der Waals surface area contributed by atoms with Crippen molar-refractivity contribution in [2.45, 2.75) is 13.3 Å². The normalized spacial score (nSPS) is 10.5. The summed E-state index contributed by atoms with van der Waals surface area (Å²) in [5.74, 6) is -2.37. The molecule has 0 saturated carbocycles. The number of nitrogens with zero attached hydrogens (tertiary/aromatic N) is 1. The zero-order chi connectivity index (χ0) is 21.5. The predicted octanol–water partition coefficient (Wildman–Crippen LogP) is 4.21. The van der Waals surface area contributed by atoms with E-state index in [1.165, 1.54) is 11.3 Å². The van der Waals surface area contributed by atoms with Gasteiger partial charge in [0.1, 0.15) is 22.4 Å². The molecule has 0 aliphatic rings. The SMILES string of the molecule is CCOc1ccccc1-c1nc(CC(=O)OCC(=O)Nc2ccc(F)cc2F)cs1. The van der Waals surface area contributed by atoms with Crippen molar-refractivity contribution in [2.24, 2.45) is 0 Å². The van der Waals surface area contributed by atoms with Gasteiger partial charge in [-0.1, -0.05) is 12.1 Å². The van der Waals surface area contributed by atoms with E-state index in [-0.39, 0.29) is 12.1 Å². The lowest BCUT2D eigenvalue weighted by atomic mass is 10.2. The number of rotatable bonds is 8. The van der Waals surface area contributed by atoms with Gasteiger partial charge in [-0.25, -0.2) is 13.8 Å². The second-order valence-electron chi connectivity index (χ2n) is 6.08. The average molecular weight is 432 g/mol. The molecule has 0 bridgehead atoms. The summed E-state index contributed by atoms with van der Waals surface area (Å²) in [4.78, 5) is 28.3. The number of benzene rings is 2. The molecule has 9 heteroatoms. The predicted molar refractivity (Wildman–Crippen MR) is 108 cm³/mol. The zero-order valence-corrected chi connectivity index (χ0v) is 16.8. The second-order valence-corrected chi connectivity index (χ2v) is 6.94. The van der Waals surface area contributed by atoms with E-state index < -0.39 is 30.1 Å². The quantitative estimate of drug-likeness (QED) is 0.540. The molecule has 0 spiro atoms. The largest absolute Gasteiger partial charge is 0.493 e. The monoisotopic (exact) mass is 432 g/mol. The minimum absolute atomic E-state index is 0.120. The van der Waals surface area contributed by atoms with E-state index in [9.17, 15) is 18.4 Å². The molecule has 0 saturated heterocycles. The van der Waals surface area contributed by atoms with Crippen molar-refractivity contribution < 1.29 is 27.8 Å². The number of amides is 1. The van der Waals surface area contributed by atoms with Gasteiger partial charge >= 0.3 is 5.97 Å². The highest BCUT2D eigenvalue weighted by atomic mass is 32.1. The van der Waals surface area contributed by atoms with Crippen molar-refractivity contribution in [3.05, 3.63) is 65.2 Å². The number of ether oxygens (including phenoxy) is 2. The van der Waals surface area contributed by atoms with E-state index in [4.69, 9.17) is 9.47 Å².